The van der Waals surface area contributed by atoms with Crippen molar-refractivity contribution < 1.29 is 13.2 Å². The Morgan fingerprint density at radius 2 is 2.00 bits per heavy atom. The molecule has 118 valence electrons. The number of nitrogens with one attached hydrogen (secondary N) is 1. The van der Waals surface area contributed by atoms with E-state index in [0.717, 1.165) is 38.9 Å². The molecule has 0 atom stereocenters. The first-order chi connectivity index (χ1) is 9.39. The lowest BCUT2D eigenvalue weighted by atomic mass is 10.1. The lowest BCUT2D eigenvalue weighted by molar-refractivity contribution is -0.0960. The van der Waals surface area contributed by atoms with E-state index < -0.39 is 6.18 Å². The Bertz CT molecular complexity index is 298. The predicted octanol–water partition coefficient (Wildman–Crippen LogP) is 3.60. The van der Waals surface area contributed by atoms with Gasteiger partial charge in [0, 0.05) is 18.7 Å². The molecule has 0 saturated carbocycles. The lowest BCUT2D eigenvalue weighted by Crippen LogP contribution is -2.32. The lowest BCUT2D eigenvalue weighted by Gasteiger charge is -2.27. The van der Waals surface area contributed by atoms with Crippen molar-refractivity contribution in [2.45, 2.75) is 45.7 Å². The molecule has 1 aliphatic rings. The molecule has 5 heteroatoms. The topological polar surface area (TPSA) is 15.3 Å². The van der Waals surface area contributed by atoms with Crippen LogP contribution in [-0.4, -0.2) is 43.8 Å². The summed E-state index contributed by atoms with van der Waals surface area (Å²) >= 11 is 0. The first-order valence-corrected chi connectivity index (χ1v) is 7.59. The average molecular weight is 292 g/mol. The molecule has 0 aromatic carbocycles. The quantitative estimate of drug-likeness (QED) is 0.543. The smallest absolute Gasteiger partial charge is 0.316 e. The van der Waals surface area contributed by atoms with Crippen LogP contribution in [0, 0.1) is 5.92 Å². The maximum Gasteiger partial charge on any atom is 0.412 e. The highest BCUT2D eigenvalue weighted by Gasteiger charge is 2.34. The normalized spacial score (nSPS) is 17.6. The fourth-order valence-corrected chi connectivity index (χ4v) is 2.32. The van der Waals surface area contributed by atoms with Gasteiger partial charge in [-0.15, -0.1) is 0 Å². The summed E-state index contributed by atoms with van der Waals surface area (Å²) in [6.45, 7) is 8.36. The SMILES string of the molecule is CC(C)CNCCCCCN1CC=C(C(F)(F)F)CC1. The highest BCUT2D eigenvalue weighted by Crippen LogP contribution is 2.30. The Balaban J connectivity index is 2.03. The number of hydrogen-bond acceptors (Lipinski definition) is 2. The van der Waals surface area contributed by atoms with Crippen LogP contribution in [0.25, 0.3) is 0 Å². The van der Waals surface area contributed by atoms with E-state index in [1.54, 1.807) is 0 Å². The number of alkyl halides is 3. The van der Waals surface area contributed by atoms with Crippen LogP contribution < -0.4 is 5.32 Å². The van der Waals surface area contributed by atoms with Crippen molar-refractivity contribution in [3.63, 3.8) is 0 Å². The summed E-state index contributed by atoms with van der Waals surface area (Å²) in [5.74, 6) is 0.679. The van der Waals surface area contributed by atoms with Crippen molar-refractivity contribution in [2.75, 3.05) is 32.7 Å². The molecular weight excluding hydrogens is 265 g/mol. The van der Waals surface area contributed by atoms with E-state index in [0.29, 0.717) is 19.0 Å². The summed E-state index contributed by atoms with van der Waals surface area (Å²) < 4.78 is 37.4. The summed E-state index contributed by atoms with van der Waals surface area (Å²) in [6, 6.07) is 0. The zero-order valence-corrected chi connectivity index (χ0v) is 12.6. The molecule has 0 amide bonds. The second kappa shape index (κ2) is 8.67. The van der Waals surface area contributed by atoms with Gasteiger partial charge in [-0.2, -0.15) is 13.2 Å². The summed E-state index contributed by atoms with van der Waals surface area (Å²) in [5.41, 5.74) is -0.355. The van der Waals surface area contributed by atoms with Crippen LogP contribution in [0.3, 0.4) is 0 Å². The first-order valence-electron chi connectivity index (χ1n) is 7.59. The monoisotopic (exact) mass is 292 g/mol. The van der Waals surface area contributed by atoms with Gasteiger partial charge in [-0.25, -0.2) is 0 Å². The zero-order valence-electron chi connectivity index (χ0n) is 12.6. The van der Waals surface area contributed by atoms with Gasteiger partial charge >= 0.3 is 6.18 Å². The van der Waals surface area contributed by atoms with Gasteiger partial charge in [0.2, 0.25) is 0 Å². The largest absolute Gasteiger partial charge is 0.412 e. The number of hydrogen-bond donors (Lipinski definition) is 1. The summed E-state index contributed by atoms with van der Waals surface area (Å²) in [5, 5.41) is 3.40. The van der Waals surface area contributed by atoms with E-state index in [4.69, 9.17) is 0 Å². The molecule has 2 nitrogen and oxygen atoms in total. The van der Waals surface area contributed by atoms with Crippen molar-refractivity contribution in [3.05, 3.63) is 11.6 Å². The van der Waals surface area contributed by atoms with Gasteiger partial charge < -0.3 is 5.32 Å². The number of unbranched alkanes of at least 4 members (excludes halogenated alkanes) is 2. The van der Waals surface area contributed by atoms with Crippen LogP contribution in [-0.2, 0) is 0 Å². The molecule has 1 rings (SSSR count). The van der Waals surface area contributed by atoms with Gasteiger partial charge in [0.25, 0.3) is 0 Å². The van der Waals surface area contributed by atoms with E-state index in [1.807, 2.05) is 0 Å². The third kappa shape index (κ3) is 7.29. The first kappa shape index (κ1) is 17.5. The molecule has 0 aromatic rings. The van der Waals surface area contributed by atoms with Crippen LogP contribution in [0.5, 0.6) is 0 Å². The van der Waals surface area contributed by atoms with Gasteiger partial charge in [-0.1, -0.05) is 26.3 Å². The molecule has 0 spiro atoms. The minimum absolute atomic E-state index is 0.138. The second-order valence-corrected chi connectivity index (χ2v) is 5.94. The van der Waals surface area contributed by atoms with E-state index in [2.05, 4.69) is 24.1 Å². The van der Waals surface area contributed by atoms with E-state index >= 15 is 0 Å². The maximum atomic E-state index is 12.5. The second-order valence-electron chi connectivity index (χ2n) is 5.94. The zero-order chi connectivity index (χ0) is 15.0. The van der Waals surface area contributed by atoms with Gasteiger partial charge in [0.15, 0.2) is 0 Å². The standard InChI is InChI=1S/C15H27F3N2/c1-13(2)12-19-8-4-3-5-9-20-10-6-14(7-11-20)15(16,17)18/h6,13,19H,3-5,7-12H2,1-2H3. The third-order valence-corrected chi connectivity index (χ3v) is 3.54. The highest BCUT2D eigenvalue weighted by atomic mass is 19.4. The van der Waals surface area contributed by atoms with Crippen molar-refractivity contribution in [2.24, 2.45) is 5.92 Å². The van der Waals surface area contributed by atoms with Gasteiger partial charge in [-0.3, -0.25) is 4.90 Å². The Hall–Kier alpha value is -0.550. The molecule has 0 aliphatic carbocycles. The van der Waals surface area contributed by atoms with Crippen molar-refractivity contribution in [1.82, 2.24) is 10.2 Å². The van der Waals surface area contributed by atoms with E-state index in [1.165, 1.54) is 6.08 Å². The fraction of sp³-hybridized carbons (Fsp3) is 0.867. The maximum absolute atomic E-state index is 12.5. The fourth-order valence-electron chi connectivity index (χ4n) is 2.32. The van der Waals surface area contributed by atoms with Crippen LogP contribution in [0.1, 0.15) is 39.5 Å². The highest BCUT2D eigenvalue weighted by molar-refractivity contribution is 5.12. The minimum Gasteiger partial charge on any atom is -0.316 e. The molecule has 0 fully saturated rings. The summed E-state index contributed by atoms with van der Waals surface area (Å²) in [6.07, 6.45) is 0.696. The molecule has 0 bridgehead atoms. The molecule has 0 unspecified atom stereocenters. The molecular formula is C15H27F3N2. The average Bonchev–Trinajstić information content (AvgIpc) is 2.37. The molecule has 1 aliphatic heterocycles. The van der Waals surface area contributed by atoms with Gasteiger partial charge in [0.05, 0.1) is 0 Å². The predicted molar refractivity (Wildman–Crippen MR) is 76.8 cm³/mol. The van der Waals surface area contributed by atoms with Crippen molar-refractivity contribution in [1.29, 1.82) is 0 Å². The molecule has 1 N–H and O–H groups in total. The van der Waals surface area contributed by atoms with E-state index in [-0.39, 0.29) is 12.0 Å². The van der Waals surface area contributed by atoms with Gasteiger partial charge in [0.1, 0.15) is 0 Å². The minimum atomic E-state index is -4.13. The molecule has 0 radical (unpaired) electrons. The Labute approximate surface area is 120 Å². The molecule has 1 heterocycles. The van der Waals surface area contributed by atoms with Crippen LogP contribution in [0.4, 0.5) is 13.2 Å². The van der Waals surface area contributed by atoms with Crippen LogP contribution in [0.2, 0.25) is 0 Å². The number of halogens is 3. The van der Waals surface area contributed by atoms with Crippen molar-refractivity contribution in [3.8, 4) is 0 Å². The summed E-state index contributed by atoms with van der Waals surface area (Å²) in [7, 11) is 0. The van der Waals surface area contributed by atoms with E-state index in [9.17, 15) is 13.2 Å². The Morgan fingerprint density at radius 3 is 2.55 bits per heavy atom. The van der Waals surface area contributed by atoms with Crippen molar-refractivity contribution >= 4 is 0 Å². The number of rotatable bonds is 8. The number of nitrogens with zero attached hydrogens (tertiary/aromatic N) is 1. The Morgan fingerprint density at radius 1 is 1.25 bits per heavy atom. The summed E-state index contributed by atoms with van der Waals surface area (Å²) in [4.78, 5) is 2.11. The molecule has 0 aromatic heterocycles. The van der Waals surface area contributed by atoms with Crippen LogP contribution >= 0.6 is 0 Å². The molecule has 0 saturated heterocycles. The van der Waals surface area contributed by atoms with Gasteiger partial charge in [-0.05, 0) is 44.8 Å². The van der Waals surface area contributed by atoms with Crippen LogP contribution in [0.15, 0.2) is 11.6 Å². The third-order valence-electron chi connectivity index (χ3n) is 3.54. The molecule has 20 heavy (non-hydrogen) atoms. The Kier molecular flexibility index (Phi) is 7.59.